The highest BCUT2D eigenvalue weighted by atomic mass is 19.4. The molecule has 1 N–H and O–H groups in total. The zero-order valence-electron chi connectivity index (χ0n) is 10.8. The van der Waals surface area contributed by atoms with Crippen molar-refractivity contribution in [1.82, 2.24) is 9.88 Å². The van der Waals surface area contributed by atoms with Gasteiger partial charge < -0.3 is 10.2 Å². The molecule has 0 aliphatic heterocycles. The lowest BCUT2D eigenvalue weighted by molar-refractivity contribution is -0.140. The largest absolute Gasteiger partial charge is 0.406 e. The average Bonchev–Trinajstić information content (AvgIpc) is 2.35. The SMILES string of the molecule is CCNc1ccnc(C(=O)N(CC)CC(F)(F)F)c1. The predicted octanol–water partition coefficient (Wildman–Crippen LogP) is 2.54. The van der Waals surface area contributed by atoms with Gasteiger partial charge in [-0.25, -0.2) is 0 Å². The lowest BCUT2D eigenvalue weighted by Crippen LogP contribution is -2.39. The third-order valence-corrected chi connectivity index (χ3v) is 2.40. The predicted molar refractivity (Wildman–Crippen MR) is 66.0 cm³/mol. The Labute approximate surface area is 109 Å². The van der Waals surface area contributed by atoms with Crippen LogP contribution in [0.3, 0.4) is 0 Å². The lowest BCUT2D eigenvalue weighted by Gasteiger charge is -2.22. The van der Waals surface area contributed by atoms with E-state index in [2.05, 4.69) is 10.3 Å². The summed E-state index contributed by atoms with van der Waals surface area (Å²) < 4.78 is 37.0. The highest BCUT2D eigenvalue weighted by molar-refractivity contribution is 5.93. The highest BCUT2D eigenvalue weighted by Gasteiger charge is 2.33. The number of carbonyl (C=O) groups excluding carboxylic acids is 1. The van der Waals surface area contributed by atoms with Crippen molar-refractivity contribution in [1.29, 1.82) is 0 Å². The van der Waals surface area contributed by atoms with Crippen molar-refractivity contribution in [3.8, 4) is 0 Å². The summed E-state index contributed by atoms with van der Waals surface area (Å²) in [6, 6.07) is 3.10. The lowest BCUT2D eigenvalue weighted by atomic mass is 10.2. The van der Waals surface area contributed by atoms with Gasteiger partial charge in [-0.3, -0.25) is 9.78 Å². The van der Waals surface area contributed by atoms with Crippen LogP contribution in [0.4, 0.5) is 18.9 Å². The van der Waals surface area contributed by atoms with Crippen molar-refractivity contribution in [3.05, 3.63) is 24.0 Å². The van der Waals surface area contributed by atoms with Gasteiger partial charge in [-0.05, 0) is 26.0 Å². The smallest absolute Gasteiger partial charge is 0.385 e. The van der Waals surface area contributed by atoms with Crippen molar-refractivity contribution in [3.63, 3.8) is 0 Å². The molecule has 1 aromatic rings. The molecule has 0 atom stereocenters. The molecule has 4 nitrogen and oxygen atoms in total. The molecule has 0 aromatic carbocycles. The van der Waals surface area contributed by atoms with E-state index in [-0.39, 0.29) is 12.2 Å². The Morgan fingerprint density at radius 3 is 2.63 bits per heavy atom. The number of amides is 1. The first-order valence-corrected chi connectivity index (χ1v) is 5.93. The van der Waals surface area contributed by atoms with Gasteiger partial charge in [-0.2, -0.15) is 13.2 Å². The maximum atomic E-state index is 12.3. The van der Waals surface area contributed by atoms with E-state index in [1.165, 1.54) is 19.2 Å². The summed E-state index contributed by atoms with van der Waals surface area (Å²) >= 11 is 0. The zero-order valence-corrected chi connectivity index (χ0v) is 10.8. The van der Waals surface area contributed by atoms with E-state index < -0.39 is 18.6 Å². The van der Waals surface area contributed by atoms with Gasteiger partial charge in [0.1, 0.15) is 12.2 Å². The van der Waals surface area contributed by atoms with Crippen LogP contribution in [0.5, 0.6) is 0 Å². The number of hydrogen-bond donors (Lipinski definition) is 1. The molecule has 1 rings (SSSR count). The van der Waals surface area contributed by atoms with Crippen LogP contribution in [0.1, 0.15) is 24.3 Å². The Hall–Kier alpha value is -1.79. The van der Waals surface area contributed by atoms with Crippen LogP contribution in [0.25, 0.3) is 0 Å². The molecule has 0 bridgehead atoms. The molecule has 7 heteroatoms. The molecule has 0 aliphatic rings. The molecule has 0 fully saturated rings. The number of carbonyl (C=O) groups is 1. The molecule has 0 unspecified atom stereocenters. The zero-order chi connectivity index (χ0) is 14.5. The molecule has 0 aliphatic carbocycles. The number of halogens is 3. The van der Waals surface area contributed by atoms with E-state index in [0.29, 0.717) is 12.2 Å². The maximum absolute atomic E-state index is 12.3. The third-order valence-electron chi connectivity index (χ3n) is 2.40. The fraction of sp³-hybridized carbons (Fsp3) is 0.500. The van der Waals surface area contributed by atoms with Crippen LogP contribution in [0.2, 0.25) is 0 Å². The van der Waals surface area contributed by atoms with Gasteiger partial charge in [0.15, 0.2) is 0 Å². The minimum absolute atomic E-state index is 0.00421. The second kappa shape index (κ2) is 6.40. The van der Waals surface area contributed by atoms with Crippen molar-refractivity contribution in [2.24, 2.45) is 0 Å². The number of anilines is 1. The van der Waals surface area contributed by atoms with Crippen molar-refractivity contribution >= 4 is 11.6 Å². The molecule has 0 radical (unpaired) electrons. The van der Waals surface area contributed by atoms with Crippen LogP contribution < -0.4 is 5.32 Å². The van der Waals surface area contributed by atoms with E-state index >= 15 is 0 Å². The summed E-state index contributed by atoms with van der Waals surface area (Å²) in [4.78, 5) is 16.5. The summed E-state index contributed by atoms with van der Waals surface area (Å²) in [5.41, 5.74) is 0.661. The molecule has 1 amide bonds. The standard InChI is InChI=1S/C12H16F3N3O/c1-3-16-9-5-6-17-10(7-9)11(19)18(4-2)8-12(13,14)15/h5-7H,3-4,8H2,1-2H3,(H,16,17). The number of rotatable bonds is 5. The van der Waals surface area contributed by atoms with Crippen molar-refractivity contribution in [2.45, 2.75) is 20.0 Å². The van der Waals surface area contributed by atoms with E-state index in [1.54, 1.807) is 6.07 Å². The number of alkyl halides is 3. The fourth-order valence-electron chi connectivity index (χ4n) is 1.57. The number of aromatic nitrogens is 1. The molecule has 0 spiro atoms. The summed E-state index contributed by atoms with van der Waals surface area (Å²) in [5.74, 6) is -0.723. The minimum atomic E-state index is -4.41. The van der Waals surface area contributed by atoms with Gasteiger partial charge in [0, 0.05) is 25.0 Å². The van der Waals surface area contributed by atoms with Crippen LogP contribution in [-0.2, 0) is 0 Å². The molecule has 0 saturated carbocycles. The molecule has 106 valence electrons. The Balaban J connectivity index is 2.88. The van der Waals surface area contributed by atoms with Gasteiger partial charge in [-0.1, -0.05) is 0 Å². The highest BCUT2D eigenvalue weighted by Crippen LogP contribution is 2.18. The summed E-state index contributed by atoms with van der Waals surface area (Å²) in [6.45, 7) is 2.74. The Morgan fingerprint density at radius 2 is 2.11 bits per heavy atom. The monoisotopic (exact) mass is 275 g/mol. The molecule has 0 saturated heterocycles. The first-order valence-electron chi connectivity index (χ1n) is 5.93. The van der Waals surface area contributed by atoms with E-state index in [1.807, 2.05) is 6.92 Å². The quantitative estimate of drug-likeness (QED) is 0.898. The fourth-order valence-corrected chi connectivity index (χ4v) is 1.57. The second-order valence-corrected chi connectivity index (χ2v) is 3.89. The average molecular weight is 275 g/mol. The molecular weight excluding hydrogens is 259 g/mol. The number of nitrogens with zero attached hydrogens (tertiary/aromatic N) is 2. The molecule has 19 heavy (non-hydrogen) atoms. The van der Waals surface area contributed by atoms with E-state index in [4.69, 9.17) is 0 Å². The second-order valence-electron chi connectivity index (χ2n) is 3.89. The minimum Gasteiger partial charge on any atom is -0.385 e. The first kappa shape index (κ1) is 15.3. The maximum Gasteiger partial charge on any atom is 0.406 e. The van der Waals surface area contributed by atoms with Crippen LogP contribution in [0, 0.1) is 0 Å². The van der Waals surface area contributed by atoms with Crippen molar-refractivity contribution in [2.75, 3.05) is 25.0 Å². The number of nitrogens with one attached hydrogen (secondary N) is 1. The first-order chi connectivity index (χ1) is 8.87. The number of pyridine rings is 1. The van der Waals surface area contributed by atoms with E-state index in [0.717, 1.165) is 4.90 Å². The Morgan fingerprint density at radius 1 is 1.42 bits per heavy atom. The van der Waals surface area contributed by atoms with Gasteiger partial charge in [0.2, 0.25) is 0 Å². The summed E-state index contributed by atoms with van der Waals surface area (Å²) in [5, 5.41) is 2.98. The number of hydrogen-bond acceptors (Lipinski definition) is 3. The normalized spacial score (nSPS) is 11.2. The third kappa shape index (κ3) is 4.76. The van der Waals surface area contributed by atoms with Gasteiger partial charge in [0.25, 0.3) is 5.91 Å². The van der Waals surface area contributed by atoms with E-state index in [9.17, 15) is 18.0 Å². The van der Waals surface area contributed by atoms with Crippen molar-refractivity contribution < 1.29 is 18.0 Å². The van der Waals surface area contributed by atoms with Gasteiger partial charge in [-0.15, -0.1) is 0 Å². The van der Waals surface area contributed by atoms with Crippen LogP contribution in [0.15, 0.2) is 18.3 Å². The van der Waals surface area contributed by atoms with Crippen LogP contribution >= 0.6 is 0 Å². The molecule has 1 aromatic heterocycles. The van der Waals surface area contributed by atoms with Gasteiger partial charge >= 0.3 is 6.18 Å². The summed E-state index contributed by atoms with van der Waals surface area (Å²) in [7, 11) is 0. The molecular formula is C12H16F3N3O. The molecule has 1 heterocycles. The summed E-state index contributed by atoms with van der Waals surface area (Å²) in [6.07, 6.45) is -3.02. The van der Waals surface area contributed by atoms with Crippen LogP contribution in [-0.4, -0.2) is 41.6 Å². The van der Waals surface area contributed by atoms with Gasteiger partial charge in [0.05, 0.1) is 0 Å². The Kier molecular flexibility index (Phi) is 5.14. The topological polar surface area (TPSA) is 45.2 Å². The Bertz CT molecular complexity index is 434.